The average molecular weight is 236 g/mol. The molecule has 2 aliphatic carbocycles. The van der Waals surface area contributed by atoms with Crippen molar-refractivity contribution in [1.29, 1.82) is 0 Å². The monoisotopic (exact) mass is 236 g/mol. The number of ether oxygens (including phenoxy) is 1. The van der Waals surface area contributed by atoms with Gasteiger partial charge in [0.25, 0.3) is 0 Å². The first-order valence-electron chi connectivity index (χ1n) is 7.19. The van der Waals surface area contributed by atoms with Crippen LogP contribution in [0.5, 0.6) is 0 Å². The summed E-state index contributed by atoms with van der Waals surface area (Å²) in [6.07, 6.45) is 10.6. The van der Waals surface area contributed by atoms with Gasteiger partial charge in [-0.05, 0) is 38.0 Å². The van der Waals surface area contributed by atoms with Crippen LogP contribution in [0.15, 0.2) is 11.1 Å². The molecular weight excluding hydrogens is 212 g/mol. The van der Waals surface area contributed by atoms with E-state index in [9.17, 15) is 4.79 Å². The van der Waals surface area contributed by atoms with Crippen molar-refractivity contribution >= 4 is 5.97 Å². The van der Waals surface area contributed by atoms with Crippen molar-refractivity contribution in [2.24, 2.45) is 5.92 Å². The Balaban J connectivity index is 1.62. The molecule has 0 aromatic carbocycles. The number of allylic oxidation sites excluding steroid dienone is 1. The fourth-order valence-electron chi connectivity index (χ4n) is 3.00. The molecule has 2 heteroatoms. The topological polar surface area (TPSA) is 26.3 Å². The minimum atomic E-state index is -0.0160. The maximum atomic E-state index is 11.8. The number of hydrogen-bond donors (Lipinski definition) is 0. The van der Waals surface area contributed by atoms with Gasteiger partial charge in [-0.3, -0.25) is 0 Å². The Morgan fingerprint density at radius 2 is 2.06 bits per heavy atom. The summed E-state index contributed by atoms with van der Waals surface area (Å²) in [5.74, 6) is 0.745. The van der Waals surface area contributed by atoms with Gasteiger partial charge in [-0.25, -0.2) is 4.79 Å². The summed E-state index contributed by atoms with van der Waals surface area (Å²) in [5, 5.41) is 0. The third-order valence-electron chi connectivity index (χ3n) is 4.04. The van der Waals surface area contributed by atoms with E-state index in [1.165, 1.54) is 44.1 Å². The maximum absolute atomic E-state index is 11.8. The summed E-state index contributed by atoms with van der Waals surface area (Å²) in [5.41, 5.74) is 2.42. The Hall–Kier alpha value is -0.790. The van der Waals surface area contributed by atoms with Gasteiger partial charge >= 0.3 is 5.97 Å². The quantitative estimate of drug-likeness (QED) is 0.493. The first-order valence-corrected chi connectivity index (χ1v) is 7.19. The van der Waals surface area contributed by atoms with Gasteiger partial charge in [0.05, 0.1) is 6.61 Å². The van der Waals surface area contributed by atoms with Gasteiger partial charge in [-0.1, -0.05) is 38.2 Å². The summed E-state index contributed by atoms with van der Waals surface area (Å²) in [6.45, 7) is 2.83. The van der Waals surface area contributed by atoms with E-state index in [0.717, 1.165) is 30.8 Å². The summed E-state index contributed by atoms with van der Waals surface area (Å²) in [6, 6.07) is 0. The van der Waals surface area contributed by atoms with Crippen LogP contribution in [-0.4, -0.2) is 12.6 Å². The lowest BCUT2D eigenvalue weighted by atomic mass is 9.99. The molecule has 0 aromatic heterocycles. The lowest BCUT2D eigenvalue weighted by Crippen LogP contribution is -2.11. The molecule has 0 spiro atoms. The summed E-state index contributed by atoms with van der Waals surface area (Å²) in [7, 11) is 0. The van der Waals surface area contributed by atoms with Crippen LogP contribution in [0.4, 0.5) is 0 Å². The molecule has 0 heterocycles. The smallest absolute Gasteiger partial charge is 0.333 e. The fraction of sp³-hybridized carbons (Fsp3) is 0.800. The number of carbonyl (C=O) groups is 1. The number of fused-ring (bicyclic) bond motifs is 2. The van der Waals surface area contributed by atoms with Crippen LogP contribution in [0.3, 0.4) is 0 Å². The van der Waals surface area contributed by atoms with E-state index >= 15 is 0 Å². The molecule has 0 aliphatic heterocycles. The second-order valence-electron chi connectivity index (χ2n) is 5.45. The molecule has 2 aliphatic rings. The number of carbonyl (C=O) groups excluding carboxylic acids is 1. The zero-order valence-corrected chi connectivity index (χ0v) is 11.0. The molecule has 1 saturated carbocycles. The molecule has 0 aromatic rings. The van der Waals surface area contributed by atoms with Crippen LogP contribution in [0.2, 0.25) is 0 Å². The van der Waals surface area contributed by atoms with Gasteiger partial charge in [-0.2, -0.15) is 0 Å². The van der Waals surface area contributed by atoms with Crippen LogP contribution >= 0.6 is 0 Å². The molecule has 2 bridgehead atoms. The number of hydrogen-bond acceptors (Lipinski definition) is 2. The molecule has 0 radical (unpaired) electrons. The largest absolute Gasteiger partial charge is 0.462 e. The summed E-state index contributed by atoms with van der Waals surface area (Å²) >= 11 is 0. The zero-order valence-electron chi connectivity index (χ0n) is 11.0. The Morgan fingerprint density at radius 1 is 1.24 bits per heavy atom. The predicted molar refractivity (Wildman–Crippen MR) is 68.7 cm³/mol. The van der Waals surface area contributed by atoms with Crippen LogP contribution in [-0.2, 0) is 9.53 Å². The molecule has 0 amide bonds. The van der Waals surface area contributed by atoms with Gasteiger partial charge in [0, 0.05) is 5.57 Å². The van der Waals surface area contributed by atoms with Crippen molar-refractivity contribution in [3.05, 3.63) is 11.1 Å². The normalized spacial score (nSPS) is 22.3. The van der Waals surface area contributed by atoms with E-state index < -0.39 is 0 Å². The van der Waals surface area contributed by atoms with E-state index in [2.05, 4.69) is 6.92 Å². The van der Waals surface area contributed by atoms with Crippen molar-refractivity contribution in [2.45, 2.75) is 64.7 Å². The van der Waals surface area contributed by atoms with Gasteiger partial charge in [0.2, 0.25) is 0 Å². The molecular formula is C15H24O2. The third-order valence-corrected chi connectivity index (χ3v) is 4.04. The molecule has 96 valence electrons. The number of rotatable bonds is 7. The Morgan fingerprint density at radius 3 is 2.71 bits per heavy atom. The number of unbranched alkanes of at least 4 members (excludes halogenated alkanes) is 4. The average Bonchev–Trinajstić information content (AvgIpc) is 2.95. The van der Waals surface area contributed by atoms with Crippen molar-refractivity contribution in [3.8, 4) is 0 Å². The molecule has 0 saturated heterocycles. The first-order chi connectivity index (χ1) is 8.31. The second kappa shape index (κ2) is 6.23. The standard InChI is InChI=1S/C15H24O2/c1-2-3-4-5-6-9-17-15(16)14-11-12-7-8-13(14)10-12/h12H,2-11H2,1H3. The SMILES string of the molecule is CCCCCCCOC(=O)C1=C2CCC(C2)C1. The van der Waals surface area contributed by atoms with Gasteiger partial charge in [-0.15, -0.1) is 0 Å². The zero-order chi connectivity index (χ0) is 12.1. The molecule has 2 nitrogen and oxygen atoms in total. The van der Waals surface area contributed by atoms with E-state index in [-0.39, 0.29) is 5.97 Å². The highest BCUT2D eigenvalue weighted by Crippen LogP contribution is 2.44. The van der Waals surface area contributed by atoms with E-state index in [4.69, 9.17) is 4.74 Å². The third kappa shape index (κ3) is 3.34. The van der Waals surface area contributed by atoms with Gasteiger partial charge in [0.1, 0.15) is 0 Å². The lowest BCUT2D eigenvalue weighted by Gasteiger charge is -2.11. The van der Waals surface area contributed by atoms with Gasteiger partial charge in [0.15, 0.2) is 0 Å². The van der Waals surface area contributed by atoms with Crippen molar-refractivity contribution < 1.29 is 9.53 Å². The Bertz CT molecular complexity index is 304. The highest BCUT2D eigenvalue weighted by atomic mass is 16.5. The Labute approximate surface area is 104 Å². The van der Waals surface area contributed by atoms with E-state index in [1.807, 2.05) is 0 Å². The van der Waals surface area contributed by atoms with Crippen LogP contribution in [0.1, 0.15) is 64.7 Å². The minimum Gasteiger partial charge on any atom is -0.462 e. The molecule has 1 fully saturated rings. The molecule has 1 atom stereocenters. The summed E-state index contributed by atoms with van der Waals surface area (Å²) in [4.78, 5) is 11.8. The first kappa shape index (κ1) is 12.7. The van der Waals surface area contributed by atoms with Crippen LogP contribution in [0.25, 0.3) is 0 Å². The lowest BCUT2D eigenvalue weighted by molar-refractivity contribution is -0.139. The predicted octanol–water partition coefficient (Wildman–Crippen LogP) is 4.00. The van der Waals surface area contributed by atoms with E-state index in [1.54, 1.807) is 0 Å². The fourth-order valence-corrected chi connectivity index (χ4v) is 3.00. The maximum Gasteiger partial charge on any atom is 0.333 e. The Kier molecular flexibility index (Phi) is 4.64. The van der Waals surface area contributed by atoms with Crippen molar-refractivity contribution in [1.82, 2.24) is 0 Å². The highest BCUT2D eigenvalue weighted by Gasteiger charge is 2.33. The summed E-state index contributed by atoms with van der Waals surface area (Å²) < 4.78 is 5.36. The molecule has 2 rings (SSSR count). The van der Waals surface area contributed by atoms with Crippen LogP contribution in [0, 0.1) is 5.92 Å². The minimum absolute atomic E-state index is 0.0160. The number of esters is 1. The van der Waals surface area contributed by atoms with Crippen molar-refractivity contribution in [2.75, 3.05) is 6.61 Å². The van der Waals surface area contributed by atoms with Gasteiger partial charge < -0.3 is 4.74 Å². The van der Waals surface area contributed by atoms with E-state index in [0.29, 0.717) is 6.61 Å². The van der Waals surface area contributed by atoms with Crippen molar-refractivity contribution in [3.63, 3.8) is 0 Å². The molecule has 17 heavy (non-hydrogen) atoms. The second-order valence-corrected chi connectivity index (χ2v) is 5.45. The molecule has 1 unspecified atom stereocenters. The molecule has 0 N–H and O–H groups in total. The van der Waals surface area contributed by atoms with Crippen LogP contribution < -0.4 is 0 Å². The highest BCUT2D eigenvalue weighted by molar-refractivity contribution is 5.90.